The minimum absolute atomic E-state index is 0.0527. The molecule has 0 amide bonds. The van der Waals surface area contributed by atoms with Crippen molar-refractivity contribution in [3.63, 3.8) is 0 Å². The van der Waals surface area contributed by atoms with Crippen LogP contribution in [0.4, 0.5) is 4.39 Å². The van der Waals surface area contributed by atoms with Crippen molar-refractivity contribution in [3.05, 3.63) is 35.6 Å². The summed E-state index contributed by atoms with van der Waals surface area (Å²) in [5.41, 5.74) is 6.69. The van der Waals surface area contributed by atoms with Gasteiger partial charge in [0, 0.05) is 6.04 Å². The zero-order valence-corrected chi connectivity index (χ0v) is 8.83. The lowest BCUT2D eigenvalue weighted by Gasteiger charge is -2.20. The Bertz CT molecular complexity index is 285. The van der Waals surface area contributed by atoms with Crippen LogP contribution in [0.1, 0.15) is 38.2 Å². The second-order valence-corrected chi connectivity index (χ2v) is 3.76. The Morgan fingerprint density at radius 1 is 1.36 bits per heavy atom. The molecule has 1 nitrogen and oxygen atoms in total. The lowest BCUT2D eigenvalue weighted by atomic mass is 9.91. The Morgan fingerprint density at radius 3 is 2.57 bits per heavy atom. The van der Waals surface area contributed by atoms with E-state index in [1.165, 1.54) is 6.07 Å². The molecule has 2 atom stereocenters. The summed E-state index contributed by atoms with van der Waals surface area (Å²) in [6.45, 7) is 4.08. The lowest BCUT2D eigenvalue weighted by molar-refractivity contribution is 0.497. The molecule has 0 fully saturated rings. The summed E-state index contributed by atoms with van der Waals surface area (Å²) in [5.74, 6) is -0.0531. The Hall–Kier alpha value is -0.890. The third kappa shape index (κ3) is 2.55. The summed E-state index contributed by atoms with van der Waals surface area (Å²) in [5, 5.41) is 0. The van der Waals surface area contributed by atoms with Crippen LogP contribution in [0.5, 0.6) is 0 Å². The van der Waals surface area contributed by atoms with E-state index in [9.17, 15) is 4.39 Å². The molecule has 1 rings (SSSR count). The van der Waals surface area contributed by atoms with Crippen LogP contribution in [-0.2, 0) is 0 Å². The Labute approximate surface area is 85.1 Å². The van der Waals surface area contributed by atoms with E-state index in [0.29, 0.717) is 0 Å². The molecule has 2 N–H and O–H groups in total. The molecular formula is C12H18FN. The van der Waals surface area contributed by atoms with Crippen molar-refractivity contribution in [1.82, 2.24) is 0 Å². The van der Waals surface area contributed by atoms with Crippen LogP contribution in [0, 0.1) is 5.82 Å². The van der Waals surface area contributed by atoms with Gasteiger partial charge in [0.2, 0.25) is 0 Å². The molecule has 0 aromatic heterocycles. The van der Waals surface area contributed by atoms with Crippen molar-refractivity contribution in [2.75, 3.05) is 0 Å². The third-order valence-electron chi connectivity index (χ3n) is 2.66. The molecule has 14 heavy (non-hydrogen) atoms. The number of hydrogen-bond acceptors (Lipinski definition) is 1. The van der Waals surface area contributed by atoms with Crippen molar-refractivity contribution >= 4 is 0 Å². The van der Waals surface area contributed by atoms with Crippen LogP contribution in [0.25, 0.3) is 0 Å². The second-order valence-electron chi connectivity index (χ2n) is 3.76. The number of benzene rings is 1. The van der Waals surface area contributed by atoms with Crippen molar-refractivity contribution in [2.45, 2.75) is 38.6 Å². The third-order valence-corrected chi connectivity index (χ3v) is 2.66. The smallest absolute Gasteiger partial charge is 0.126 e. The molecule has 0 heterocycles. The van der Waals surface area contributed by atoms with Crippen molar-refractivity contribution in [1.29, 1.82) is 0 Å². The average molecular weight is 195 g/mol. The molecule has 0 saturated carbocycles. The molecule has 0 saturated heterocycles. The van der Waals surface area contributed by atoms with Gasteiger partial charge in [-0.25, -0.2) is 4.39 Å². The van der Waals surface area contributed by atoms with Crippen LogP contribution < -0.4 is 5.73 Å². The fraction of sp³-hybridized carbons (Fsp3) is 0.500. The molecule has 0 aliphatic carbocycles. The predicted molar refractivity (Wildman–Crippen MR) is 57.7 cm³/mol. The van der Waals surface area contributed by atoms with Gasteiger partial charge in [0.25, 0.3) is 0 Å². The first-order valence-electron chi connectivity index (χ1n) is 5.16. The highest BCUT2D eigenvalue weighted by Crippen LogP contribution is 2.22. The number of rotatable bonds is 4. The molecule has 0 radical (unpaired) electrons. The van der Waals surface area contributed by atoms with E-state index < -0.39 is 0 Å². The van der Waals surface area contributed by atoms with Crippen LogP contribution in [0.2, 0.25) is 0 Å². The molecule has 1 aromatic carbocycles. The van der Waals surface area contributed by atoms with Crippen LogP contribution in [-0.4, -0.2) is 6.04 Å². The first kappa shape index (κ1) is 11.2. The minimum Gasteiger partial charge on any atom is -0.327 e. The fourth-order valence-electron chi connectivity index (χ4n) is 1.66. The summed E-state index contributed by atoms with van der Waals surface area (Å²) in [7, 11) is 0. The zero-order chi connectivity index (χ0) is 10.6. The first-order chi connectivity index (χ1) is 6.66. The van der Waals surface area contributed by atoms with E-state index in [2.05, 4.69) is 6.92 Å². The zero-order valence-electron chi connectivity index (χ0n) is 8.83. The molecule has 0 aliphatic rings. The maximum absolute atomic E-state index is 13.4. The largest absolute Gasteiger partial charge is 0.327 e. The van der Waals surface area contributed by atoms with Gasteiger partial charge in [0.1, 0.15) is 5.82 Å². The van der Waals surface area contributed by atoms with Crippen molar-refractivity contribution in [3.8, 4) is 0 Å². The van der Waals surface area contributed by atoms with E-state index in [1.807, 2.05) is 19.1 Å². The van der Waals surface area contributed by atoms with E-state index >= 15 is 0 Å². The number of nitrogens with two attached hydrogens (primary N) is 1. The van der Waals surface area contributed by atoms with Gasteiger partial charge >= 0.3 is 0 Å². The Kier molecular flexibility index (Phi) is 4.08. The maximum atomic E-state index is 13.4. The van der Waals surface area contributed by atoms with E-state index in [-0.39, 0.29) is 17.8 Å². The minimum atomic E-state index is -0.147. The molecule has 2 unspecified atom stereocenters. The molecule has 1 aromatic rings. The average Bonchev–Trinajstić information content (AvgIpc) is 2.18. The monoisotopic (exact) mass is 195 g/mol. The Balaban J connectivity index is 2.78. The van der Waals surface area contributed by atoms with Gasteiger partial charge in [-0.2, -0.15) is 0 Å². The van der Waals surface area contributed by atoms with Gasteiger partial charge in [-0.05, 0) is 24.0 Å². The summed E-state index contributed by atoms with van der Waals surface area (Å²) >= 11 is 0. The van der Waals surface area contributed by atoms with Gasteiger partial charge in [0.15, 0.2) is 0 Å². The topological polar surface area (TPSA) is 26.0 Å². The SMILES string of the molecule is CCCC(N)C(C)c1ccccc1F. The quantitative estimate of drug-likeness (QED) is 0.785. The van der Waals surface area contributed by atoms with Crippen LogP contribution in [0.15, 0.2) is 24.3 Å². The highest BCUT2D eigenvalue weighted by Gasteiger charge is 2.16. The second kappa shape index (κ2) is 5.11. The van der Waals surface area contributed by atoms with Gasteiger partial charge in [-0.3, -0.25) is 0 Å². The summed E-state index contributed by atoms with van der Waals surface area (Å²) in [4.78, 5) is 0. The number of hydrogen-bond donors (Lipinski definition) is 1. The lowest BCUT2D eigenvalue weighted by Crippen LogP contribution is -2.26. The fourth-order valence-corrected chi connectivity index (χ4v) is 1.66. The highest BCUT2D eigenvalue weighted by molar-refractivity contribution is 5.22. The van der Waals surface area contributed by atoms with Crippen LogP contribution >= 0.6 is 0 Å². The maximum Gasteiger partial charge on any atom is 0.126 e. The van der Waals surface area contributed by atoms with Crippen molar-refractivity contribution in [2.24, 2.45) is 5.73 Å². The Morgan fingerprint density at radius 2 is 2.00 bits per heavy atom. The molecule has 78 valence electrons. The van der Waals surface area contributed by atoms with Gasteiger partial charge < -0.3 is 5.73 Å². The van der Waals surface area contributed by atoms with Gasteiger partial charge in [0.05, 0.1) is 0 Å². The predicted octanol–water partition coefficient (Wildman–Crippen LogP) is 3.06. The van der Waals surface area contributed by atoms with Crippen molar-refractivity contribution < 1.29 is 4.39 Å². The van der Waals surface area contributed by atoms with Gasteiger partial charge in [-0.1, -0.05) is 38.5 Å². The molecule has 0 spiro atoms. The number of halogens is 1. The van der Waals surface area contributed by atoms with E-state index in [4.69, 9.17) is 5.73 Å². The normalized spacial score (nSPS) is 15.1. The van der Waals surface area contributed by atoms with E-state index in [1.54, 1.807) is 6.07 Å². The first-order valence-corrected chi connectivity index (χ1v) is 5.16. The van der Waals surface area contributed by atoms with Gasteiger partial charge in [-0.15, -0.1) is 0 Å². The molecular weight excluding hydrogens is 177 g/mol. The van der Waals surface area contributed by atoms with Crippen LogP contribution in [0.3, 0.4) is 0 Å². The summed E-state index contributed by atoms with van der Waals surface area (Å²) < 4.78 is 13.4. The standard InChI is InChI=1S/C12H18FN/c1-3-6-12(14)9(2)10-7-4-5-8-11(10)13/h4-5,7-9,12H,3,6,14H2,1-2H3. The molecule has 2 heteroatoms. The molecule has 0 aliphatic heterocycles. The molecule has 0 bridgehead atoms. The summed E-state index contributed by atoms with van der Waals surface area (Å²) in [6.07, 6.45) is 1.98. The summed E-state index contributed by atoms with van der Waals surface area (Å²) in [6, 6.07) is 6.92. The highest BCUT2D eigenvalue weighted by atomic mass is 19.1. The van der Waals surface area contributed by atoms with E-state index in [0.717, 1.165) is 18.4 Å².